The van der Waals surface area contributed by atoms with E-state index in [1.54, 1.807) is 13.0 Å². The number of hydrogen-bond acceptors (Lipinski definition) is 9. The first-order valence-corrected chi connectivity index (χ1v) is 7.93. The van der Waals surface area contributed by atoms with Crippen molar-refractivity contribution >= 4 is 17.2 Å². The number of benzene rings is 1. The highest BCUT2D eigenvalue weighted by molar-refractivity contribution is 6.00. The number of rotatable bonds is 3. The van der Waals surface area contributed by atoms with Crippen molar-refractivity contribution < 1.29 is 34.7 Å². The van der Waals surface area contributed by atoms with Crippen LogP contribution in [-0.2, 0) is 4.74 Å². The Morgan fingerprint density at radius 3 is 2.65 bits per heavy atom. The normalized spacial score (nSPS) is 29.5. The second-order valence-corrected chi connectivity index (χ2v) is 6.12. The van der Waals surface area contributed by atoms with Crippen molar-refractivity contribution in [3.8, 4) is 5.75 Å². The van der Waals surface area contributed by atoms with Gasteiger partial charge in [-0.25, -0.2) is 4.79 Å². The first-order chi connectivity index (χ1) is 12.3. The van der Waals surface area contributed by atoms with Gasteiger partial charge in [0.25, 0.3) is 0 Å². The maximum absolute atomic E-state index is 11.6. The molecule has 1 aliphatic rings. The number of ether oxygens (including phenoxy) is 1. The minimum atomic E-state index is -1.58. The fourth-order valence-corrected chi connectivity index (χ4v) is 2.92. The maximum Gasteiger partial charge on any atom is 0.336 e. The molecule has 0 amide bonds. The number of nitrogens with zero attached hydrogens (tertiary/aromatic N) is 1. The van der Waals surface area contributed by atoms with E-state index in [0.29, 0.717) is 10.9 Å². The fraction of sp³-hybridized carbons (Fsp3) is 0.412. The number of aliphatic imine (C=N–C) groups is 1. The van der Waals surface area contributed by atoms with Crippen LogP contribution in [-0.4, -0.2) is 69.0 Å². The first kappa shape index (κ1) is 18.5. The SMILES string of the molecule is Cc1cc(=O)oc2c(C=NC3[C@H](O)OC(CO)[C@H](O)[C@@H]3O)c(O)ccc12. The summed E-state index contributed by atoms with van der Waals surface area (Å²) in [5, 5.41) is 49.7. The van der Waals surface area contributed by atoms with Crippen LogP contribution in [0.15, 0.2) is 32.4 Å². The molecule has 1 fully saturated rings. The van der Waals surface area contributed by atoms with Crippen LogP contribution in [0.5, 0.6) is 5.75 Å². The van der Waals surface area contributed by atoms with Crippen LogP contribution < -0.4 is 5.63 Å². The Hall–Kier alpha value is -2.30. The summed E-state index contributed by atoms with van der Waals surface area (Å²) >= 11 is 0. The molecule has 9 nitrogen and oxygen atoms in total. The number of hydrogen-bond donors (Lipinski definition) is 5. The van der Waals surface area contributed by atoms with Crippen molar-refractivity contribution in [1.29, 1.82) is 0 Å². The molecular weight excluding hydrogens is 346 g/mol. The minimum Gasteiger partial charge on any atom is -0.507 e. The average Bonchev–Trinajstić information content (AvgIpc) is 2.59. The van der Waals surface area contributed by atoms with E-state index in [1.807, 2.05) is 0 Å². The van der Waals surface area contributed by atoms with Gasteiger partial charge in [0.1, 0.15) is 30.1 Å². The highest BCUT2D eigenvalue weighted by atomic mass is 16.6. The monoisotopic (exact) mass is 365 g/mol. The lowest BCUT2D eigenvalue weighted by molar-refractivity contribution is -0.248. The van der Waals surface area contributed by atoms with Crippen molar-refractivity contribution in [2.45, 2.75) is 37.6 Å². The summed E-state index contributed by atoms with van der Waals surface area (Å²) in [7, 11) is 0. The molecule has 5 N–H and O–H groups in total. The molecule has 1 aromatic heterocycles. The van der Waals surface area contributed by atoms with Crippen molar-refractivity contribution in [2.75, 3.05) is 6.61 Å². The van der Waals surface area contributed by atoms with E-state index >= 15 is 0 Å². The standard InChI is InChI=1S/C17H19NO8/c1-7-4-12(21)26-16-8(7)2-3-10(20)9(16)5-18-13-15(23)14(22)11(6-19)25-17(13)24/h2-5,11,13-15,17,19-20,22-24H,6H2,1H3/t11?,13?,14-,15+,17+/m0/s1. The molecule has 0 bridgehead atoms. The number of aliphatic hydroxyl groups is 4. The second kappa shape index (κ2) is 7.14. The van der Waals surface area contributed by atoms with Crippen molar-refractivity contribution in [3.63, 3.8) is 0 Å². The smallest absolute Gasteiger partial charge is 0.336 e. The molecular formula is C17H19NO8. The summed E-state index contributed by atoms with van der Waals surface area (Å²) in [6.45, 7) is 1.13. The lowest BCUT2D eigenvalue weighted by Gasteiger charge is -2.38. The molecule has 0 spiro atoms. The molecule has 0 radical (unpaired) electrons. The van der Waals surface area contributed by atoms with Gasteiger partial charge in [0.15, 0.2) is 11.9 Å². The molecule has 2 heterocycles. The molecule has 1 aliphatic heterocycles. The van der Waals surface area contributed by atoms with E-state index in [0.717, 1.165) is 6.21 Å². The third-order valence-corrected chi connectivity index (χ3v) is 4.38. The Balaban J connectivity index is 2.01. The molecule has 0 aliphatic carbocycles. The lowest BCUT2D eigenvalue weighted by atomic mass is 9.97. The molecule has 3 rings (SSSR count). The van der Waals surface area contributed by atoms with Gasteiger partial charge in [-0.05, 0) is 24.6 Å². The van der Waals surface area contributed by atoms with Gasteiger partial charge in [0, 0.05) is 17.7 Å². The first-order valence-electron chi connectivity index (χ1n) is 7.93. The average molecular weight is 365 g/mol. The van der Waals surface area contributed by atoms with Gasteiger partial charge in [0.2, 0.25) is 0 Å². The molecule has 1 aromatic carbocycles. The Morgan fingerprint density at radius 1 is 1.23 bits per heavy atom. The number of fused-ring (bicyclic) bond motifs is 1. The third-order valence-electron chi connectivity index (χ3n) is 4.38. The van der Waals surface area contributed by atoms with Crippen LogP contribution >= 0.6 is 0 Å². The van der Waals surface area contributed by atoms with Crippen LogP contribution in [0, 0.1) is 6.92 Å². The van der Waals surface area contributed by atoms with Crippen LogP contribution in [0.4, 0.5) is 0 Å². The lowest BCUT2D eigenvalue weighted by Crippen LogP contribution is -2.57. The van der Waals surface area contributed by atoms with Crippen LogP contribution in [0.1, 0.15) is 11.1 Å². The largest absolute Gasteiger partial charge is 0.507 e. The van der Waals surface area contributed by atoms with Gasteiger partial charge in [-0.15, -0.1) is 0 Å². The number of aromatic hydroxyl groups is 1. The van der Waals surface area contributed by atoms with E-state index in [-0.39, 0.29) is 16.9 Å². The Kier molecular flexibility index (Phi) is 5.08. The summed E-state index contributed by atoms with van der Waals surface area (Å²) < 4.78 is 10.2. The quantitative estimate of drug-likeness (QED) is 0.344. The van der Waals surface area contributed by atoms with Gasteiger partial charge in [-0.3, -0.25) is 4.99 Å². The second-order valence-electron chi connectivity index (χ2n) is 6.12. The molecule has 5 atom stereocenters. The van der Waals surface area contributed by atoms with Gasteiger partial charge in [-0.1, -0.05) is 0 Å². The predicted octanol–water partition coefficient (Wildman–Crippen LogP) is -0.974. The zero-order valence-electron chi connectivity index (χ0n) is 13.8. The predicted molar refractivity (Wildman–Crippen MR) is 90.2 cm³/mol. The van der Waals surface area contributed by atoms with Gasteiger partial charge in [0.05, 0.1) is 12.2 Å². The van der Waals surface area contributed by atoms with Crippen molar-refractivity contribution in [3.05, 3.63) is 39.7 Å². The summed E-state index contributed by atoms with van der Waals surface area (Å²) in [5.41, 5.74) is 0.237. The topological polar surface area (TPSA) is 153 Å². The molecule has 9 heteroatoms. The zero-order valence-corrected chi connectivity index (χ0v) is 13.8. The van der Waals surface area contributed by atoms with Crippen molar-refractivity contribution in [1.82, 2.24) is 0 Å². The molecule has 26 heavy (non-hydrogen) atoms. The number of aryl methyl sites for hydroxylation is 1. The summed E-state index contributed by atoms with van der Waals surface area (Å²) in [5.74, 6) is -0.218. The summed E-state index contributed by atoms with van der Waals surface area (Å²) in [6.07, 6.45) is -4.54. The summed E-state index contributed by atoms with van der Waals surface area (Å²) in [4.78, 5) is 15.6. The maximum atomic E-state index is 11.6. The highest BCUT2D eigenvalue weighted by Gasteiger charge is 2.43. The number of aliphatic hydroxyl groups excluding tert-OH is 4. The minimum absolute atomic E-state index is 0.0847. The Morgan fingerprint density at radius 2 is 1.96 bits per heavy atom. The van der Waals surface area contributed by atoms with Gasteiger partial charge >= 0.3 is 5.63 Å². The highest BCUT2D eigenvalue weighted by Crippen LogP contribution is 2.28. The van der Waals surface area contributed by atoms with Gasteiger partial charge < -0.3 is 34.7 Å². The fourth-order valence-electron chi connectivity index (χ4n) is 2.92. The van der Waals surface area contributed by atoms with Gasteiger partial charge in [-0.2, -0.15) is 0 Å². The Labute approximate surface area is 147 Å². The van der Waals surface area contributed by atoms with Crippen LogP contribution in [0.25, 0.3) is 11.0 Å². The molecule has 1 saturated heterocycles. The zero-order chi connectivity index (χ0) is 19.0. The third kappa shape index (κ3) is 3.22. The molecule has 140 valence electrons. The van der Waals surface area contributed by atoms with E-state index in [2.05, 4.69) is 4.99 Å². The van der Waals surface area contributed by atoms with Crippen LogP contribution in [0.2, 0.25) is 0 Å². The molecule has 2 aromatic rings. The number of phenols is 1. The van der Waals surface area contributed by atoms with Crippen LogP contribution in [0.3, 0.4) is 0 Å². The van der Waals surface area contributed by atoms with Crippen molar-refractivity contribution in [2.24, 2.45) is 4.99 Å². The van der Waals surface area contributed by atoms with E-state index in [9.17, 15) is 25.2 Å². The van der Waals surface area contributed by atoms with E-state index in [4.69, 9.17) is 14.3 Å². The summed E-state index contributed by atoms with van der Waals surface area (Å²) in [6, 6.07) is 3.04. The Bertz CT molecular complexity index is 892. The molecule has 2 unspecified atom stereocenters. The van der Waals surface area contributed by atoms with E-state index < -0.39 is 42.9 Å². The molecule has 0 saturated carbocycles. The van der Waals surface area contributed by atoms with E-state index in [1.165, 1.54) is 12.1 Å². The number of phenolic OH excluding ortho intramolecular Hbond substituents is 1.